The number of fused-ring (bicyclic) bond motifs is 1. The van der Waals surface area contributed by atoms with Gasteiger partial charge in [0.25, 0.3) is 5.56 Å². The summed E-state index contributed by atoms with van der Waals surface area (Å²) in [5, 5.41) is 4.50. The van der Waals surface area contributed by atoms with Gasteiger partial charge in [-0.3, -0.25) is 9.59 Å². The molecule has 3 rings (SSSR count). The summed E-state index contributed by atoms with van der Waals surface area (Å²) >= 11 is 0. The molecular weight excluding hydrogens is 276 g/mol. The molecule has 0 atom stereocenters. The molecule has 0 saturated carbocycles. The third-order valence-corrected chi connectivity index (χ3v) is 3.57. The van der Waals surface area contributed by atoms with Gasteiger partial charge >= 0.3 is 0 Å². The molecule has 0 aliphatic rings. The molecule has 1 aromatic heterocycles. The van der Waals surface area contributed by atoms with Gasteiger partial charge in [-0.2, -0.15) is 0 Å². The summed E-state index contributed by atoms with van der Waals surface area (Å²) in [6.45, 7) is 3.39. The number of aryl methyl sites for hydroxylation is 1. The van der Waals surface area contributed by atoms with E-state index in [0.29, 0.717) is 11.2 Å². The second-order valence-corrected chi connectivity index (χ2v) is 5.27. The van der Waals surface area contributed by atoms with Crippen LogP contribution in [0.1, 0.15) is 17.3 Å². The summed E-state index contributed by atoms with van der Waals surface area (Å²) < 4.78 is 1.17. The predicted octanol–water partition coefficient (Wildman–Crippen LogP) is 3.71. The lowest BCUT2D eigenvalue weighted by atomic mass is 10.1. The van der Waals surface area contributed by atoms with Crippen LogP contribution in [0, 0.1) is 6.92 Å². The van der Waals surface area contributed by atoms with Crippen LogP contribution >= 0.6 is 0 Å². The molecule has 0 amide bonds. The van der Waals surface area contributed by atoms with E-state index in [9.17, 15) is 9.59 Å². The Hall–Kier alpha value is -2.88. The highest BCUT2D eigenvalue weighted by Crippen LogP contribution is 2.20. The lowest BCUT2D eigenvalue weighted by molar-refractivity contribution is 0.0935. The van der Waals surface area contributed by atoms with Crippen LogP contribution in [-0.2, 0) is 0 Å². The third-order valence-electron chi connectivity index (χ3n) is 3.57. The Morgan fingerprint density at radius 1 is 1.05 bits per heavy atom. The fraction of sp³-hybridized carbons (Fsp3) is 0.111. The number of aromatic nitrogens is 1. The first kappa shape index (κ1) is 14.1. The van der Waals surface area contributed by atoms with Gasteiger partial charge < -0.3 is 5.32 Å². The topological polar surface area (TPSA) is 51.1 Å². The van der Waals surface area contributed by atoms with Crippen molar-refractivity contribution >= 4 is 28.2 Å². The minimum Gasteiger partial charge on any atom is -0.341 e. The molecule has 0 unspecified atom stereocenters. The number of rotatable bonds is 2. The molecule has 0 aliphatic heterocycles. The number of carbonyl (C=O) groups excluding carboxylic acids is 1. The Morgan fingerprint density at radius 3 is 2.41 bits per heavy atom. The standard InChI is InChI=1S/C18H16N2O2/c1-12-7-9-15(10-8-12)19-17-11-14-5-3-4-6-16(14)18(22)20(17)13(2)21/h3-11,19H,1-2H3. The largest absolute Gasteiger partial charge is 0.341 e. The number of benzene rings is 2. The fourth-order valence-corrected chi connectivity index (χ4v) is 2.45. The molecule has 0 fully saturated rings. The third kappa shape index (κ3) is 2.51. The van der Waals surface area contributed by atoms with E-state index >= 15 is 0 Å². The van der Waals surface area contributed by atoms with Gasteiger partial charge in [0.1, 0.15) is 5.82 Å². The van der Waals surface area contributed by atoms with Crippen LogP contribution in [0.5, 0.6) is 0 Å². The Bertz CT molecular complexity index is 909. The molecule has 4 heteroatoms. The van der Waals surface area contributed by atoms with E-state index in [0.717, 1.165) is 16.6 Å². The number of nitrogens with one attached hydrogen (secondary N) is 1. The zero-order valence-electron chi connectivity index (χ0n) is 12.5. The van der Waals surface area contributed by atoms with E-state index in [1.807, 2.05) is 49.4 Å². The van der Waals surface area contributed by atoms with Crippen molar-refractivity contribution in [3.63, 3.8) is 0 Å². The first-order valence-corrected chi connectivity index (χ1v) is 7.06. The number of hydrogen-bond acceptors (Lipinski definition) is 3. The van der Waals surface area contributed by atoms with Crippen molar-refractivity contribution in [3.05, 3.63) is 70.5 Å². The van der Waals surface area contributed by atoms with Gasteiger partial charge in [-0.1, -0.05) is 35.9 Å². The minimum atomic E-state index is -0.314. The molecule has 1 N–H and O–H groups in total. The van der Waals surface area contributed by atoms with E-state index in [1.165, 1.54) is 11.5 Å². The summed E-state index contributed by atoms with van der Waals surface area (Å²) in [5.41, 5.74) is 1.67. The van der Waals surface area contributed by atoms with Crippen molar-refractivity contribution in [2.75, 3.05) is 5.32 Å². The molecule has 1 heterocycles. The van der Waals surface area contributed by atoms with Crippen molar-refractivity contribution < 1.29 is 4.79 Å². The molecule has 0 saturated heterocycles. The highest BCUT2D eigenvalue weighted by molar-refractivity contribution is 5.90. The van der Waals surface area contributed by atoms with Crippen LogP contribution in [0.25, 0.3) is 10.8 Å². The fourth-order valence-electron chi connectivity index (χ4n) is 2.45. The number of pyridine rings is 1. The summed E-state index contributed by atoms with van der Waals surface area (Å²) in [4.78, 5) is 24.4. The Morgan fingerprint density at radius 2 is 1.73 bits per heavy atom. The summed E-state index contributed by atoms with van der Waals surface area (Å²) in [6, 6.07) is 16.8. The molecule has 3 aromatic rings. The minimum absolute atomic E-state index is 0.305. The Kier molecular flexibility index (Phi) is 3.51. The second kappa shape index (κ2) is 5.48. The van der Waals surface area contributed by atoms with Gasteiger partial charge in [-0.05, 0) is 36.6 Å². The van der Waals surface area contributed by atoms with Crippen LogP contribution in [0.3, 0.4) is 0 Å². The van der Waals surface area contributed by atoms with Crippen molar-refractivity contribution in [2.45, 2.75) is 13.8 Å². The first-order valence-electron chi connectivity index (χ1n) is 7.06. The van der Waals surface area contributed by atoms with E-state index in [1.54, 1.807) is 12.1 Å². The quantitative estimate of drug-likeness (QED) is 0.783. The van der Waals surface area contributed by atoms with Gasteiger partial charge in [0.2, 0.25) is 5.91 Å². The van der Waals surface area contributed by atoms with Gasteiger partial charge in [-0.15, -0.1) is 0 Å². The number of hydrogen-bond donors (Lipinski definition) is 1. The lowest BCUT2D eigenvalue weighted by Crippen LogP contribution is -2.26. The van der Waals surface area contributed by atoms with E-state index in [4.69, 9.17) is 0 Å². The second-order valence-electron chi connectivity index (χ2n) is 5.27. The van der Waals surface area contributed by atoms with Gasteiger partial charge in [0, 0.05) is 18.0 Å². The highest BCUT2D eigenvalue weighted by atomic mass is 16.2. The molecule has 0 bridgehead atoms. The van der Waals surface area contributed by atoms with Crippen molar-refractivity contribution in [3.8, 4) is 0 Å². The Balaban J connectivity index is 2.19. The maximum absolute atomic E-state index is 12.5. The van der Waals surface area contributed by atoms with E-state index < -0.39 is 0 Å². The van der Waals surface area contributed by atoms with Crippen molar-refractivity contribution in [2.24, 2.45) is 0 Å². The predicted molar refractivity (Wildman–Crippen MR) is 89.0 cm³/mol. The lowest BCUT2D eigenvalue weighted by Gasteiger charge is -2.13. The SMILES string of the molecule is CC(=O)n1c(Nc2ccc(C)cc2)cc2ccccc2c1=O. The smallest absolute Gasteiger partial charge is 0.266 e. The molecule has 0 aliphatic carbocycles. The van der Waals surface area contributed by atoms with Crippen molar-refractivity contribution in [1.29, 1.82) is 0 Å². The average Bonchev–Trinajstić information content (AvgIpc) is 2.49. The monoisotopic (exact) mass is 292 g/mol. The summed E-state index contributed by atoms with van der Waals surface area (Å²) in [7, 11) is 0. The molecule has 0 radical (unpaired) electrons. The molecule has 4 nitrogen and oxygen atoms in total. The molecule has 22 heavy (non-hydrogen) atoms. The molecule has 2 aromatic carbocycles. The Labute approximate surface area is 128 Å². The van der Waals surface area contributed by atoms with Crippen LogP contribution in [0.4, 0.5) is 11.5 Å². The molecular formula is C18H16N2O2. The van der Waals surface area contributed by atoms with Crippen molar-refractivity contribution in [1.82, 2.24) is 4.57 Å². The first-order chi connectivity index (χ1) is 10.6. The molecule has 110 valence electrons. The van der Waals surface area contributed by atoms with E-state index in [2.05, 4.69) is 5.32 Å². The maximum atomic E-state index is 12.5. The number of carbonyl (C=O) groups is 1. The van der Waals surface area contributed by atoms with Gasteiger partial charge in [-0.25, -0.2) is 4.57 Å². The number of nitrogens with zero attached hydrogens (tertiary/aromatic N) is 1. The van der Waals surface area contributed by atoms with Crippen LogP contribution in [0.15, 0.2) is 59.4 Å². The van der Waals surface area contributed by atoms with Crippen LogP contribution in [0.2, 0.25) is 0 Å². The number of anilines is 2. The highest BCUT2D eigenvalue weighted by Gasteiger charge is 2.12. The average molecular weight is 292 g/mol. The summed E-state index contributed by atoms with van der Waals surface area (Å²) in [6.07, 6.45) is 0. The van der Waals surface area contributed by atoms with E-state index in [-0.39, 0.29) is 11.5 Å². The molecule has 0 spiro atoms. The maximum Gasteiger partial charge on any atom is 0.266 e. The summed E-state index contributed by atoms with van der Waals surface area (Å²) in [5.74, 6) is 0.158. The zero-order valence-corrected chi connectivity index (χ0v) is 12.5. The zero-order chi connectivity index (χ0) is 15.7. The van der Waals surface area contributed by atoms with Gasteiger partial charge in [0.15, 0.2) is 0 Å². The normalized spacial score (nSPS) is 10.6. The van der Waals surface area contributed by atoms with Crippen LogP contribution in [-0.4, -0.2) is 10.5 Å². The van der Waals surface area contributed by atoms with Crippen LogP contribution < -0.4 is 10.9 Å². The van der Waals surface area contributed by atoms with Gasteiger partial charge in [0.05, 0.1) is 0 Å².